The molecule has 0 unspecified atom stereocenters. The van der Waals surface area contributed by atoms with Crippen molar-refractivity contribution in [3.8, 4) is 0 Å². The molecule has 0 heterocycles. The zero-order valence-electron chi connectivity index (χ0n) is 7.52. The molecule has 0 aromatic heterocycles. The average molecular weight is 178 g/mol. The molecule has 0 aliphatic heterocycles. The molecule has 13 heavy (non-hydrogen) atoms. The number of nitrogens with two attached hydrogens (primary N) is 1. The number of benzene rings is 1. The zero-order valence-corrected chi connectivity index (χ0v) is 7.52. The van der Waals surface area contributed by atoms with Crippen molar-refractivity contribution in [2.45, 2.75) is 6.42 Å². The molecule has 0 atom stereocenters. The van der Waals surface area contributed by atoms with E-state index in [9.17, 15) is 4.79 Å². The molecule has 1 aromatic rings. The third-order valence-corrected chi connectivity index (χ3v) is 1.82. The Labute approximate surface area is 78.2 Å². The molecule has 70 valence electrons. The lowest BCUT2D eigenvalue weighted by molar-refractivity contribution is -0.107. The van der Waals surface area contributed by atoms with Gasteiger partial charge in [-0.05, 0) is 25.1 Å². The summed E-state index contributed by atoms with van der Waals surface area (Å²) in [7, 11) is 0. The molecule has 0 saturated carbocycles. The first-order valence-corrected chi connectivity index (χ1v) is 4.35. The van der Waals surface area contributed by atoms with E-state index in [0.717, 1.165) is 18.5 Å². The van der Waals surface area contributed by atoms with E-state index < -0.39 is 0 Å². The molecule has 3 nitrogen and oxygen atoms in total. The Morgan fingerprint density at radius 2 is 2.00 bits per heavy atom. The molecule has 0 saturated heterocycles. The van der Waals surface area contributed by atoms with Gasteiger partial charge < -0.3 is 10.6 Å². The molecule has 1 rings (SSSR count). The van der Waals surface area contributed by atoms with Crippen LogP contribution >= 0.6 is 0 Å². The third-order valence-electron chi connectivity index (χ3n) is 1.82. The van der Waals surface area contributed by atoms with Gasteiger partial charge in [0.25, 0.3) is 0 Å². The van der Waals surface area contributed by atoms with Gasteiger partial charge in [-0.3, -0.25) is 4.79 Å². The number of rotatable bonds is 5. The predicted molar refractivity (Wildman–Crippen MR) is 53.5 cm³/mol. The average Bonchev–Trinajstić information content (AvgIpc) is 2.21. The van der Waals surface area contributed by atoms with Gasteiger partial charge in [0.2, 0.25) is 6.41 Å². The van der Waals surface area contributed by atoms with E-state index in [1.165, 1.54) is 0 Å². The fourth-order valence-electron chi connectivity index (χ4n) is 1.12. The number of hydrogen-bond donors (Lipinski definition) is 1. The van der Waals surface area contributed by atoms with Crippen LogP contribution in [0.1, 0.15) is 6.42 Å². The first-order chi connectivity index (χ1) is 6.38. The van der Waals surface area contributed by atoms with E-state index in [2.05, 4.69) is 0 Å². The van der Waals surface area contributed by atoms with Crippen LogP contribution in [0.3, 0.4) is 0 Å². The van der Waals surface area contributed by atoms with E-state index >= 15 is 0 Å². The summed E-state index contributed by atoms with van der Waals surface area (Å²) in [4.78, 5) is 12.4. The summed E-state index contributed by atoms with van der Waals surface area (Å²) < 4.78 is 0. The summed E-state index contributed by atoms with van der Waals surface area (Å²) in [6.07, 6.45) is 1.67. The molecule has 1 aromatic carbocycles. The van der Waals surface area contributed by atoms with Gasteiger partial charge in [-0.1, -0.05) is 18.2 Å². The fourth-order valence-corrected chi connectivity index (χ4v) is 1.12. The number of hydrogen-bond acceptors (Lipinski definition) is 2. The second kappa shape index (κ2) is 5.32. The fraction of sp³-hybridized carbons (Fsp3) is 0.300. The van der Waals surface area contributed by atoms with Crippen molar-refractivity contribution < 1.29 is 4.79 Å². The largest absolute Gasteiger partial charge is 0.330 e. The minimum atomic E-state index is 0.608. The summed E-state index contributed by atoms with van der Waals surface area (Å²) >= 11 is 0. The summed E-state index contributed by atoms with van der Waals surface area (Å²) in [5.74, 6) is 0. The van der Waals surface area contributed by atoms with Gasteiger partial charge in [0.15, 0.2) is 0 Å². The van der Waals surface area contributed by atoms with E-state index in [4.69, 9.17) is 5.73 Å². The van der Waals surface area contributed by atoms with Crippen LogP contribution in [0.25, 0.3) is 0 Å². The SMILES string of the molecule is NCCCN(C=O)c1ccccc1. The second-order valence-electron chi connectivity index (χ2n) is 2.78. The van der Waals surface area contributed by atoms with Crippen molar-refractivity contribution in [2.75, 3.05) is 18.0 Å². The molecule has 0 radical (unpaired) electrons. The van der Waals surface area contributed by atoms with E-state index in [1.807, 2.05) is 30.3 Å². The number of amides is 1. The van der Waals surface area contributed by atoms with Crippen LogP contribution in [-0.2, 0) is 4.79 Å². The molecule has 0 aliphatic rings. The van der Waals surface area contributed by atoms with Crippen LogP contribution in [0, 0.1) is 0 Å². The van der Waals surface area contributed by atoms with Crippen molar-refractivity contribution in [1.29, 1.82) is 0 Å². The third kappa shape index (κ3) is 2.87. The van der Waals surface area contributed by atoms with Gasteiger partial charge in [0.1, 0.15) is 0 Å². The number of para-hydroxylation sites is 1. The van der Waals surface area contributed by atoms with Crippen molar-refractivity contribution in [3.63, 3.8) is 0 Å². The van der Waals surface area contributed by atoms with Gasteiger partial charge in [-0.2, -0.15) is 0 Å². The maximum atomic E-state index is 10.7. The van der Waals surface area contributed by atoms with Gasteiger partial charge in [-0.15, -0.1) is 0 Å². The highest BCUT2D eigenvalue weighted by molar-refractivity contribution is 5.74. The van der Waals surface area contributed by atoms with Crippen LogP contribution in [0.15, 0.2) is 30.3 Å². The van der Waals surface area contributed by atoms with Crippen LogP contribution < -0.4 is 10.6 Å². The molecule has 0 bridgehead atoms. The van der Waals surface area contributed by atoms with Crippen molar-refractivity contribution in [1.82, 2.24) is 0 Å². The predicted octanol–water partition coefficient (Wildman–Crippen LogP) is 0.998. The number of carbonyl (C=O) groups excluding carboxylic acids is 1. The van der Waals surface area contributed by atoms with Gasteiger partial charge >= 0.3 is 0 Å². The van der Waals surface area contributed by atoms with E-state index in [-0.39, 0.29) is 0 Å². The molecular weight excluding hydrogens is 164 g/mol. The molecule has 1 amide bonds. The highest BCUT2D eigenvalue weighted by Crippen LogP contribution is 2.10. The zero-order chi connectivity index (χ0) is 9.52. The highest BCUT2D eigenvalue weighted by Gasteiger charge is 2.01. The van der Waals surface area contributed by atoms with Crippen LogP contribution in [0.4, 0.5) is 5.69 Å². The molecule has 3 heteroatoms. The minimum Gasteiger partial charge on any atom is -0.330 e. The Morgan fingerprint density at radius 1 is 1.31 bits per heavy atom. The standard InChI is InChI=1S/C10H14N2O/c11-7-4-8-12(9-13)10-5-2-1-3-6-10/h1-3,5-6,9H,4,7-8,11H2. The Morgan fingerprint density at radius 3 is 2.54 bits per heavy atom. The quantitative estimate of drug-likeness (QED) is 0.684. The normalized spacial score (nSPS) is 9.62. The number of anilines is 1. The molecule has 0 aliphatic carbocycles. The van der Waals surface area contributed by atoms with Crippen LogP contribution in [0.2, 0.25) is 0 Å². The lowest BCUT2D eigenvalue weighted by Crippen LogP contribution is -2.24. The van der Waals surface area contributed by atoms with Gasteiger partial charge in [0, 0.05) is 12.2 Å². The van der Waals surface area contributed by atoms with Crippen molar-refractivity contribution in [3.05, 3.63) is 30.3 Å². The first kappa shape index (κ1) is 9.74. The minimum absolute atomic E-state index is 0.608. The maximum absolute atomic E-state index is 10.7. The highest BCUT2D eigenvalue weighted by atomic mass is 16.1. The second-order valence-corrected chi connectivity index (χ2v) is 2.78. The lowest BCUT2D eigenvalue weighted by atomic mass is 10.3. The smallest absolute Gasteiger partial charge is 0.214 e. The summed E-state index contributed by atoms with van der Waals surface area (Å²) in [6.45, 7) is 1.29. The summed E-state index contributed by atoms with van der Waals surface area (Å²) in [5, 5.41) is 0. The topological polar surface area (TPSA) is 46.3 Å². The lowest BCUT2D eigenvalue weighted by Gasteiger charge is -2.16. The van der Waals surface area contributed by atoms with Gasteiger partial charge in [-0.25, -0.2) is 0 Å². The van der Waals surface area contributed by atoms with Crippen molar-refractivity contribution >= 4 is 12.1 Å². The molecule has 0 spiro atoms. The van der Waals surface area contributed by atoms with Crippen LogP contribution in [0.5, 0.6) is 0 Å². The number of nitrogens with zero attached hydrogens (tertiary/aromatic N) is 1. The maximum Gasteiger partial charge on any atom is 0.214 e. The Balaban J connectivity index is 2.61. The molecular formula is C10H14N2O. The number of carbonyl (C=O) groups is 1. The Bertz CT molecular complexity index is 248. The summed E-state index contributed by atoms with van der Waals surface area (Å²) in [6, 6.07) is 9.56. The van der Waals surface area contributed by atoms with Crippen molar-refractivity contribution in [2.24, 2.45) is 5.73 Å². The Hall–Kier alpha value is -1.35. The van der Waals surface area contributed by atoms with E-state index in [1.54, 1.807) is 4.90 Å². The van der Waals surface area contributed by atoms with Gasteiger partial charge in [0.05, 0.1) is 0 Å². The molecule has 2 N–H and O–H groups in total. The monoisotopic (exact) mass is 178 g/mol. The van der Waals surface area contributed by atoms with Crippen LogP contribution in [-0.4, -0.2) is 19.5 Å². The van der Waals surface area contributed by atoms with E-state index in [0.29, 0.717) is 13.1 Å². The molecule has 0 fully saturated rings. The first-order valence-electron chi connectivity index (χ1n) is 4.35. The summed E-state index contributed by atoms with van der Waals surface area (Å²) in [5.41, 5.74) is 6.29. The Kier molecular flexibility index (Phi) is 3.99.